The Balaban J connectivity index is 2.34. The maximum atomic E-state index is 12.1. The highest BCUT2D eigenvalue weighted by atomic mass is 31.2. The molecule has 4 heteroatoms. The van der Waals surface area contributed by atoms with Gasteiger partial charge in [0.25, 0.3) is 0 Å². The van der Waals surface area contributed by atoms with Gasteiger partial charge >= 0.3 is 7.60 Å². The van der Waals surface area contributed by atoms with Crippen molar-refractivity contribution in [1.82, 2.24) is 0 Å². The van der Waals surface area contributed by atoms with Gasteiger partial charge in [-0.05, 0) is 23.8 Å². The number of hydrogen-bond donors (Lipinski definition) is 1. The topological polar surface area (TPSA) is 46.5 Å². The first kappa shape index (κ1) is 11.3. The van der Waals surface area contributed by atoms with Crippen molar-refractivity contribution in [2.45, 2.75) is 0 Å². The number of hydrogen-bond acceptors (Lipinski definition) is 2. The molecule has 0 spiro atoms. The SMILES string of the molecule is C=Cc1ccc2c(c1)-c1ccccc1P(=O)(O)O2. The average Bonchev–Trinajstić information content (AvgIpc) is 2.38. The summed E-state index contributed by atoms with van der Waals surface area (Å²) in [6.07, 6.45) is 1.73. The zero-order chi connectivity index (χ0) is 12.8. The van der Waals surface area contributed by atoms with Crippen LogP contribution in [0.15, 0.2) is 49.0 Å². The Hall–Kier alpha value is -1.83. The molecule has 1 unspecified atom stereocenters. The highest BCUT2D eigenvalue weighted by Crippen LogP contribution is 2.51. The molecule has 0 saturated carbocycles. The van der Waals surface area contributed by atoms with E-state index < -0.39 is 7.60 Å². The fourth-order valence-electron chi connectivity index (χ4n) is 2.09. The first-order valence-electron chi connectivity index (χ1n) is 5.51. The Morgan fingerprint density at radius 3 is 2.72 bits per heavy atom. The van der Waals surface area contributed by atoms with E-state index >= 15 is 0 Å². The van der Waals surface area contributed by atoms with Crippen LogP contribution < -0.4 is 9.83 Å². The van der Waals surface area contributed by atoms with Crippen LogP contribution in [0.1, 0.15) is 5.56 Å². The van der Waals surface area contributed by atoms with E-state index in [-0.39, 0.29) is 0 Å². The van der Waals surface area contributed by atoms with Gasteiger partial charge < -0.3 is 9.42 Å². The predicted octanol–water partition coefficient (Wildman–Crippen LogP) is 3.20. The van der Waals surface area contributed by atoms with Gasteiger partial charge in [0, 0.05) is 11.1 Å². The van der Waals surface area contributed by atoms with Gasteiger partial charge in [0.15, 0.2) is 0 Å². The Kier molecular flexibility index (Phi) is 2.40. The Morgan fingerprint density at radius 2 is 1.94 bits per heavy atom. The third-order valence-corrected chi connectivity index (χ3v) is 4.40. The molecule has 90 valence electrons. The molecule has 3 rings (SSSR count). The average molecular weight is 258 g/mol. The van der Waals surface area contributed by atoms with E-state index in [0.29, 0.717) is 11.1 Å². The second-order valence-electron chi connectivity index (χ2n) is 4.09. The Morgan fingerprint density at radius 1 is 1.17 bits per heavy atom. The van der Waals surface area contributed by atoms with Gasteiger partial charge in [-0.3, -0.25) is 0 Å². The molecule has 1 aliphatic rings. The summed E-state index contributed by atoms with van der Waals surface area (Å²) in [6.45, 7) is 3.72. The van der Waals surface area contributed by atoms with E-state index in [0.717, 1.165) is 16.7 Å². The third-order valence-electron chi connectivity index (χ3n) is 2.96. The van der Waals surface area contributed by atoms with E-state index in [1.165, 1.54) is 0 Å². The normalized spacial score (nSPS) is 20.5. The second-order valence-corrected chi connectivity index (χ2v) is 5.79. The molecule has 0 bridgehead atoms. The van der Waals surface area contributed by atoms with E-state index in [1.807, 2.05) is 18.2 Å². The molecular weight excluding hydrogens is 247 g/mol. The van der Waals surface area contributed by atoms with Crippen LogP contribution in [0.2, 0.25) is 0 Å². The monoisotopic (exact) mass is 258 g/mol. The molecule has 1 heterocycles. The standard InChI is InChI=1S/C14H11O3P/c1-2-10-7-8-13-12(9-10)11-5-3-4-6-14(11)18(15,16)17-13/h2-9H,1H2,(H,15,16). The summed E-state index contributed by atoms with van der Waals surface area (Å²) in [5.41, 5.74) is 2.51. The molecule has 1 atom stereocenters. The largest absolute Gasteiger partial charge is 0.421 e. The van der Waals surface area contributed by atoms with E-state index in [9.17, 15) is 9.46 Å². The second kappa shape index (κ2) is 3.84. The van der Waals surface area contributed by atoms with E-state index in [4.69, 9.17) is 4.52 Å². The van der Waals surface area contributed by atoms with Crippen molar-refractivity contribution in [2.24, 2.45) is 0 Å². The highest BCUT2D eigenvalue weighted by molar-refractivity contribution is 7.62. The van der Waals surface area contributed by atoms with Crippen molar-refractivity contribution in [1.29, 1.82) is 0 Å². The maximum absolute atomic E-state index is 12.1. The van der Waals surface area contributed by atoms with Gasteiger partial charge in [0.2, 0.25) is 0 Å². The number of rotatable bonds is 1. The van der Waals surface area contributed by atoms with E-state index in [1.54, 1.807) is 30.3 Å². The lowest BCUT2D eigenvalue weighted by Gasteiger charge is -2.24. The minimum absolute atomic E-state index is 0.346. The summed E-state index contributed by atoms with van der Waals surface area (Å²) in [4.78, 5) is 9.91. The molecule has 3 nitrogen and oxygen atoms in total. The summed E-state index contributed by atoms with van der Waals surface area (Å²) >= 11 is 0. The van der Waals surface area contributed by atoms with Crippen LogP contribution in [0.3, 0.4) is 0 Å². The predicted molar refractivity (Wildman–Crippen MR) is 72.1 cm³/mol. The van der Waals surface area contributed by atoms with Gasteiger partial charge in [-0.1, -0.05) is 36.9 Å². The fourth-order valence-corrected chi connectivity index (χ4v) is 3.39. The third kappa shape index (κ3) is 1.60. The van der Waals surface area contributed by atoms with Crippen molar-refractivity contribution in [3.05, 3.63) is 54.6 Å². The summed E-state index contributed by atoms with van der Waals surface area (Å²) in [7, 11) is -3.76. The Labute approximate surface area is 105 Å². The quantitative estimate of drug-likeness (QED) is 0.799. The number of fused-ring (bicyclic) bond motifs is 3. The van der Waals surface area contributed by atoms with Gasteiger partial charge in [0.05, 0.1) is 5.30 Å². The minimum Gasteiger partial charge on any atom is -0.421 e. The molecule has 2 aromatic carbocycles. The van der Waals surface area contributed by atoms with Gasteiger partial charge in [-0.15, -0.1) is 0 Å². The van der Waals surface area contributed by atoms with Crippen molar-refractivity contribution in [3.8, 4) is 16.9 Å². The summed E-state index contributed by atoms with van der Waals surface area (Å²) in [5, 5.41) is 0.346. The molecule has 1 aliphatic heterocycles. The lowest BCUT2D eigenvalue weighted by molar-refractivity contribution is 0.392. The van der Waals surface area contributed by atoms with Crippen molar-refractivity contribution in [3.63, 3.8) is 0 Å². The van der Waals surface area contributed by atoms with Crippen LogP contribution in [-0.4, -0.2) is 4.89 Å². The first-order valence-corrected chi connectivity index (χ1v) is 7.08. The lowest BCUT2D eigenvalue weighted by atomic mass is 10.0. The van der Waals surface area contributed by atoms with Crippen LogP contribution in [0, 0.1) is 0 Å². The maximum Gasteiger partial charge on any atom is 0.408 e. The molecule has 0 fully saturated rings. The van der Waals surface area contributed by atoms with Gasteiger partial charge in [-0.2, -0.15) is 0 Å². The van der Waals surface area contributed by atoms with Crippen LogP contribution in [0.5, 0.6) is 5.75 Å². The van der Waals surface area contributed by atoms with E-state index in [2.05, 4.69) is 6.58 Å². The lowest BCUT2D eigenvalue weighted by Crippen LogP contribution is -2.16. The van der Waals surface area contributed by atoms with Crippen LogP contribution >= 0.6 is 7.60 Å². The Bertz CT molecular complexity index is 691. The zero-order valence-corrected chi connectivity index (χ0v) is 10.4. The molecule has 0 aliphatic carbocycles. The highest BCUT2D eigenvalue weighted by Gasteiger charge is 2.33. The molecule has 0 amide bonds. The summed E-state index contributed by atoms with van der Waals surface area (Å²) in [5.74, 6) is 0.435. The van der Waals surface area contributed by atoms with Crippen LogP contribution in [0.25, 0.3) is 17.2 Å². The van der Waals surface area contributed by atoms with Crippen LogP contribution in [0.4, 0.5) is 0 Å². The van der Waals surface area contributed by atoms with Crippen molar-refractivity contribution >= 4 is 19.0 Å². The minimum atomic E-state index is -3.76. The van der Waals surface area contributed by atoms with Crippen molar-refractivity contribution < 1.29 is 14.0 Å². The van der Waals surface area contributed by atoms with Gasteiger partial charge in [-0.25, -0.2) is 4.57 Å². The molecule has 0 radical (unpaired) electrons. The summed E-state index contributed by atoms with van der Waals surface area (Å²) < 4.78 is 17.3. The first-order chi connectivity index (χ1) is 8.62. The van der Waals surface area contributed by atoms with Gasteiger partial charge in [0.1, 0.15) is 5.75 Å². The molecule has 0 aromatic heterocycles. The number of benzene rings is 2. The fraction of sp³-hybridized carbons (Fsp3) is 0. The molecule has 0 saturated heterocycles. The zero-order valence-electron chi connectivity index (χ0n) is 9.54. The smallest absolute Gasteiger partial charge is 0.408 e. The molecular formula is C14H11O3P. The van der Waals surface area contributed by atoms with Crippen molar-refractivity contribution in [2.75, 3.05) is 0 Å². The molecule has 18 heavy (non-hydrogen) atoms. The molecule has 1 N–H and O–H groups in total. The summed E-state index contributed by atoms with van der Waals surface area (Å²) in [6, 6.07) is 12.4. The van der Waals surface area contributed by atoms with Crippen LogP contribution in [-0.2, 0) is 4.57 Å². The molecule has 2 aromatic rings.